The van der Waals surface area contributed by atoms with Crippen molar-refractivity contribution in [3.63, 3.8) is 0 Å². The van der Waals surface area contributed by atoms with Crippen molar-refractivity contribution in [2.75, 3.05) is 13.7 Å². The molecule has 0 fully saturated rings. The molecule has 112 valence electrons. The summed E-state index contributed by atoms with van der Waals surface area (Å²) < 4.78 is 10.7. The van der Waals surface area contributed by atoms with Crippen LogP contribution in [0.15, 0.2) is 59.3 Å². The third kappa shape index (κ3) is 4.75. The summed E-state index contributed by atoms with van der Waals surface area (Å²) in [6.45, 7) is 4.35. The SMILES string of the molecule is CCCc1ccc(CP(C)(=NC)Oc2ccccc2)cc1. The van der Waals surface area contributed by atoms with E-state index in [1.807, 2.05) is 37.4 Å². The van der Waals surface area contributed by atoms with Gasteiger partial charge in [-0.15, -0.1) is 0 Å². The van der Waals surface area contributed by atoms with Gasteiger partial charge in [-0.1, -0.05) is 55.8 Å². The summed E-state index contributed by atoms with van der Waals surface area (Å²) in [4.78, 5) is 0. The number of aryl methyl sites for hydroxylation is 1. The first-order chi connectivity index (χ1) is 10.1. The van der Waals surface area contributed by atoms with Crippen molar-refractivity contribution >= 4 is 7.28 Å². The normalized spacial score (nSPS) is 13.5. The lowest BCUT2D eigenvalue weighted by molar-refractivity contribution is 0.605. The van der Waals surface area contributed by atoms with E-state index in [4.69, 9.17) is 4.52 Å². The fourth-order valence-corrected chi connectivity index (χ4v) is 4.04. The Kier molecular flexibility index (Phi) is 5.64. The highest BCUT2D eigenvalue weighted by Gasteiger charge is 2.15. The maximum Gasteiger partial charge on any atom is 0.135 e. The summed E-state index contributed by atoms with van der Waals surface area (Å²) in [5, 5.41) is 0. The van der Waals surface area contributed by atoms with Crippen LogP contribution in [0, 0.1) is 0 Å². The number of rotatable bonds is 6. The van der Waals surface area contributed by atoms with Crippen molar-refractivity contribution < 1.29 is 4.52 Å². The largest absolute Gasteiger partial charge is 0.460 e. The average Bonchev–Trinajstić information content (AvgIpc) is 2.50. The average molecular weight is 301 g/mol. The van der Waals surface area contributed by atoms with E-state index in [-0.39, 0.29) is 0 Å². The molecule has 1 atom stereocenters. The second-order valence-electron chi connectivity index (χ2n) is 5.38. The summed E-state index contributed by atoms with van der Waals surface area (Å²) in [7, 11) is 0.0637. The lowest BCUT2D eigenvalue weighted by atomic mass is 10.1. The minimum Gasteiger partial charge on any atom is -0.460 e. The van der Waals surface area contributed by atoms with Crippen LogP contribution in [0.1, 0.15) is 24.5 Å². The predicted octanol–water partition coefficient (Wildman–Crippen LogP) is 5.59. The summed E-state index contributed by atoms with van der Waals surface area (Å²) in [5.41, 5.74) is 2.70. The maximum atomic E-state index is 6.18. The van der Waals surface area contributed by atoms with Crippen LogP contribution in [0.4, 0.5) is 0 Å². The van der Waals surface area contributed by atoms with Gasteiger partial charge in [0.15, 0.2) is 0 Å². The Balaban J connectivity index is 2.11. The third-order valence-electron chi connectivity index (χ3n) is 3.51. The minimum atomic E-state index is -1.80. The Morgan fingerprint density at radius 1 is 0.952 bits per heavy atom. The number of nitrogens with zero attached hydrogens (tertiary/aromatic N) is 1. The summed E-state index contributed by atoms with van der Waals surface area (Å²) in [5.74, 6) is 0.904. The molecule has 21 heavy (non-hydrogen) atoms. The Hall–Kier alpha value is -1.53. The zero-order valence-corrected chi connectivity index (χ0v) is 14.0. The van der Waals surface area contributed by atoms with Crippen LogP contribution in [0.3, 0.4) is 0 Å². The molecular formula is C18H24NOP. The lowest BCUT2D eigenvalue weighted by Gasteiger charge is -2.21. The van der Waals surface area contributed by atoms with Gasteiger partial charge in [-0.05, 0) is 29.7 Å². The first-order valence-corrected chi connectivity index (χ1v) is 9.74. The highest BCUT2D eigenvalue weighted by molar-refractivity contribution is 7.60. The molecule has 0 N–H and O–H groups in total. The van der Waals surface area contributed by atoms with E-state index >= 15 is 0 Å². The van der Waals surface area contributed by atoms with Crippen molar-refractivity contribution in [2.24, 2.45) is 4.74 Å². The quantitative estimate of drug-likeness (QED) is 0.637. The molecule has 0 amide bonds. The van der Waals surface area contributed by atoms with E-state index in [2.05, 4.69) is 42.6 Å². The summed E-state index contributed by atoms with van der Waals surface area (Å²) in [6.07, 6.45) is 3.21. The lowest BCUT2D eigenvalue weighted by Crippen LogP contribution is -1.96. The third-order valence-corrected chi connectivity index (χ3v) is 5.91. The Labute approximate surface area is 128 Å². The van der Waals surface area contributed by atoms with Gasteiger partial charge >= 0.3 is 0 Å². The van der Waals surface area contributed by atoms with Crippen molar-refractivity contribution in [1.29, 1.82) is 0 Å². The zero-order valence-electron chi connectivity index (χ0n) is 13.1. The molecule has 0 heterocycles. The van der Waals surface area contributed by atoms with Crippen LogP contribution in [-0.2, 0) is 12.6 Å². The van der Waals surface area contributed by atoms with E-state index in [0.29, 0.717) is 0 Å². The van der Waals surface area contributed by atoms with Gasteiger partial charge in [-0.2, -0.15) is 0 Å². The van der Waals surface area contributed by atoms with Crippen molar-refractivity contribution in [2.45, 2.75) is 25.9 Å². The topological polar surface area (TPSA) is 21.6 Å². The van der Waals surface area contributed by atoms with Gasteiger partial charge < -0.3 is 4.52 Å². The van der Waals surface area contributed by atoms with Crippen LogP contribution in [0.25, 0.3) is 0 Å². The Morgan fingerprint density at radius 3 is 2.14 bits per heavy atom. The van der Waals surface area contributed by atoms with Crippen molar-refractivity contribution in [1.82, 2.24) is 0 Å². The van der Waals surface area contributed by atoms with Gasteiger partial charge in [0.2, 0.25) is 0 Å². The molecule has 1 unspecified atom stereocenters. The standard InChI is InChI=1S/C18H24NOP/c1-4-8-16-11-13-17(14-12-16)15-21(3,19-2)20-18-9-6-5-7-10-18/h5-7,9-14H,4,8,15H2,1-3H3. The Morgan fingerprint density at radius 2 is 1.57 bits per heavy atom. The fourth-order valence-electron chi connectivity index (χ4n) is 2.29. The molecule has 0 saturated heterocycles. The maximum absolute atomic E-state index is 6.18. The van der Waals surface area contributed by atoms with Gasteiger partial charge in [0.05, 0.1) is 0 Å². The van der Waals surface area contributed by atoms with Crippen LogP contribution >= 0.6 is 7.28 Å². The minimum absolute atomic E-state index is 0.880. The molecule has 0 bridgehead atoms. The van der Waals surface area contributed by atoms with Gasteiger partial charge in [-0.25, -0.2) is 0 Å². The second-order valence-corrected chi connectivity index (χ2v) is 8.38. The number of para-hydroxylation sites is 1. The molecule has 2 rings (SSSR count). The monoisotopic (exact) mass is 301 g/mol. The number of hydrogen-bond donors (Lipinski definition) is 0. The molecule has 0 spiro atoms. The van der Waals surface area contributed by atoms with Crippen LogP contribution in [0.5, 0.6) is 5.75 Å². The van der Waals surface area contributed by atoms with Crippen molar-refractivity contribution in [3.8, 4) is 5.75 Å². The van der Waals surface area contributed by atoms with E-state index in [1.54, 1.807) is 0 Å². The smallest absolute Gasteiger partial charge is 0.135 e. The van der Waals surface area contributed by atoms with E-state index in [0.717, 1.165) is 18.3 Å². The van der Waals surface area contributed by atoms with E-state index < -0.39 is 7.28 Å². The molecule has 0 saturated carbocycles. The molecule has 2 nitrogen and oxygen atoms in total. The van der Waals surface area contributed by atoms with Gasteiger partial charge in [0.1, 0.15) is 13.0 Å². The zero-order chi connectivity index (χ0) is 15.1. The van der Waals surface area contributed by atoms with Crippen LogP contribution < -0.4 is 4.52 Å². The molecule has 0 aliphatic carbocycles. The van der Waals surface area contributed by atoms with Gasteiger partial charge in [0, 0.05) is 19.9 Å². The molecule has 0 radical (unpaired) electrons. The van der Waals surface area contributed by atoms with Crippen LogP contribution in [-0.4, -0.2) is 13.7 Å². The molecular weight excluding hydrogens is 277 g/mol. The summed E-state index contributed by atoms with van der Waals surface area (Å²) >= 11 is 0. The summed E-state index contributed by atoms with van der Waals surface area (Å²) in [6, 6.07) is 18.8. The first-order valence-electron chi connectivity index (χ1n) is 7.44. The molecule has 0 aliphatic heterocycles. The second kappa shape index (κ2) is 7.47. The molecule has 2 aromatic carbocycles. The van der Waals surface area contributed by atoms with Crippen LogP contribution in [0.2, 0.25) is 0 Å². The number of benzene rings is 2. The predicted molar refractivity (Wildman–Crippen MR) is 92.4 cm³/mol. The van der Waals surface area contributed by atoms with Gasteiger partial charge in [0.25, 0.3) is 0 Å². The molecule has 3 heteroatoms. The Bertz CT molecular complexity index is 605. The van der Waals surface area contributed by atoms with Gasteiger partial charge in [-0.3, -0.25) is 4.74 Å². The fraction of sp³-hybridized carbons (Fsp3) is 0.333. The van der Waals surface area contributed by atoms with Crippen molar-refractivity contribution in [3.05, 3.63) is 65.7 Å². The molecule has 2 aromatic rings. The van der Waals surface area contributed by atoms with E-state index in [1.165, 1.54) is 17.5 Å². The highest BCUT2D eigenvalue weighted by Crippen LogP contribution is 2.49. The molecule has 0 aromatic heterocycles. The highest BCUT2D eigenvalue weighted by atomic mass is 31.2. The number of hydrogen-bond acceptors (Lipinski definition) is 2. The van der Waals surface area contributed by atoms with E-state index in [9.17, 15) is 0 Å². The first kappa shape index (κ1) is 15.9. The molecule has 0 aliphatic rings.